The van der Waals surface area contributed by atoms with Crippen molar-refractivity contribution < 1.29 is 0 Å². The Hall–Kier alpha value is -2.41. The fourth-order valence-corrected chi connectivity index (χ4v) is 4.27. The highest BCUT2D eigenvalue weighted by Gasteiger charge is 2.39. The Morgan fingerprint density at radius 1 is 1.17 bits per heavy atom. The average Bonchev–Trinajstić information content (AvgIpc) is 3.34. The molecule has 2 fully saturated rings. The van der Waals surface area contributed by atoms with E-state index in [2.05, 4.69) is 41.4 Å². The molecule has 5 rings (SSSR count). The van der Waals surface area contributed by atoms with E-state index in [0.29, 0.717) is 5.82 Å². The number of anilines is 1. The van der Waals surface area contributed by atoms with E-state index in [9.17, 15) is 0 Å². The second kappa shape index (κ2) is 5.31. The second-order valence-corrected chi connectivity index (χ2v) is 6.91. The van der Waals surface area contributed by atoms with Crippen molar-refractivity contribution in [2.45, 2.75) is 31.2 Å². The van der Waals surface area contributed by atoms with Crippen molar-refractivity contribution in [3.63, 3.8) is 0 Å². The number of rotatable bonds is 2. The van der Waals surface area contributed by atoms with Gasteiger partial charge in [0.05, 0.1) is 16.6 Å². The molecule has 0 bridgehead atoms. The van der Waals surface area contributed by atoms with Crippen LogP contribution in [-0.4, -0.2) is 50.3 Å². The van der Waals surface area contributed by atoms with Gasteiger partial charge in [0.1, 0.15) is 12.0 Å². The van der Waals surface area contributed by atoms with E-state index in [0.717, 1.165) is 36.2 Å². The first kappa shape index (κ1) is 14.0. The zero-order valence-corrected chi connectivity index (χ0v) is 13.5. The van der Waals surface area contributed by atoms with Crippen LogP contribution in [0.5, 0.6) is 0 Å². The maximum Gasteiger partial charge on any atom is 0.183 e. The number of aromatic nitrogens is 5. The molecule has 1 unspecified atom stereocenters. The van der Waals surface area contributed by atoms with Crippen LogP contribution in [0.15, 0.2) is 24.8 Å². The molecule has 1 atom stereocenters. The SMILES string of the molecule is c1cc(N2CCC3(CCCCN3)C2)c2c(-c3nc[nH]n3)c[nH]c2n1. The lowest BCUT2D eigenvalue weighted by Crippen LogP contribution is -2.50. The van der Waals surface area contributed by atoms with E-state index in [1.54, 1.807) is 6.33 Å². The van der Waals surface area contributed by atoms with Gasteiger partial charge in [0, 0.05) is 31.0 Å². The summed E-state index contributed by atoms with van der Waals surface area (Å²) in [5.41, 5.74) is 3.41. The summed E-state index contributed by atoms with van der Waals surface area (Å²) in [4.78, 5) is 14.6. The fraction of sp³-hybridized carbons (Fsp3) is 0.471. The lowest BCUT2D eigenvalue weighted by atomic mass is 9.88. The Labute approximate surface area is 139 Å². The van der Waals surface area contributed by atoms with E-state index < -0.39 is 0 Å². The molecule has 24 heavy (non-hydrogen) atoms. The summed E-state index contributed by atoms with van der Waals surface area (Å²) in [6.45, 7) is 3.28. The van der Waals surface area contributed by atoms with Gasteiger partial charge in [-0.3, -0.25) is 5.10 Å². The highest BCUT2D eigenvalue weighted by Crippen LogP contribution is 2.38. The van der Waals surface area contributed by atoms with Crippen molar-refractivity contribution in [2.75, 3.05) is 24.5 Å². The molecule has 0 aliphatic carbocycles. The molecule has 7 heteroatoms. The normalized spacial score (nSPS) is 24.2. The number of hydrogen-bond donors (Lipinski definition) is 3. The molecule has 0 amide bonds. The topological polar surface area (TPSA) is 85.5 Å². The Morgan fingerprint density at radius 2 is 2.17 bits per heavy atom. The molecule has 3 aromatic heterocycles. The van der Waals surface area contributed by atoms with Crippen molar-refractivity contribution in [2.24, 2.45) is 0 Å². The number of H-pyrrole nitrogens is 2. The van der Waals surface area contributed by atoms with Crippen LogP contribution in [0.25, 0.3) is 22.4 Å². The Bertz CT molecular complexity index is 845. The lowest BCUT2D eigenvalue weighted by molar-refractivity contribution is 0.280. The Morgan fingerprint density at radius 3 is 3.00 bits per heavy atom. The number of fused-ring (bicyclic) bond motifs is 1. The molecule has 2 aliphatic rings. The summed E-state index contributed by atoms with van der Waals surface area (Å²) in [6.07, 6.45) is 10.6. The van der Waals surface area contributed by atoms with Crippen molar-refractivity contribution >= 4 is 16.7 Å². The molecule has 124 valence electrons. The quantitative estimate of drug-likeness (QED) is 0.672. The van der Waals surface area contributed by atoms with E-state index in [1.807, 2.05) is 12.4 Å². The van der Waals surface area contributed by atoms with Crippen LogP contribution in [0.4, 0.5) is 5.69 Å². The maximum atomic E-state index is 4.48. The largest absolute Gasteiger partial charge is 0.369 e. The predicted molar refractivity (Wildman–Crippen MR) is 92.9 cm³/mol. The third-order valence-corrected chi connectivity index (χ3v) is 5.48. The van der Waals surface area contributed by atoms with Crippen molar-refractivity contribution in [1.29, 1.82) is 0 Å². The zero-order valence-electron chi connectivity index (χ0n) is 13.5. The van der Waals surface area contributed by atoms with Crippen LogP contribution in [0.3, 0.4) is 0 Å². The third kappa shape index (κ3) is 2.11. The van der Waals surface area contributed by atoms with Crippen LogP contribution in [0.2, 0.25) is 0 Å². The molecule has 0 radical (unpaired) electrons. The molecule has 0 saturated carbocycles. The van der Waals surface area contributed by atoms with Crippen molar-refractivity contribution in [3.8, 4) is 11.4 Å². The summed E-state index contributed by atoms with van der Waals surface area (Å²) >= 11 is 0. The number of hydrogen-bond acceptors (Lipinski definition) is 5. The average molecular weight is 323 g/mol. The summed E-state index contributed by atoms with van der Waals surface area (Å²) < 4.78 is 0. The van der Waals surface area contributed by atoms with E-state index >= 15 is 0 Å². The van der Waals surface area contributed by atoms with Gasteiger partial charge < -0.3 is 15.2 Å². The minimum Gasteiger partial charge on any atom is -0.369 e. The highest BCUT2D eigenvalue weighted by molar-refractivity contribution is 6.01. The summed E-state index contributed by atoms with van der Waals surface area (Å²) in [5.74, 6) is 0.709. The fourth-order valence-electron chi connectivity index (χ4n) is 4.27. The van der Waals surface area contributed by atoms with Gasteiger partial charge in [-0.05, 0) is 31.9 Å². The summed E-state index contributed by atoms with van der Waals surface area (Å²) in [6, 6.07) is 2.12. The molecule has 2 aliphatic heterocycles. The second-order valence-electron chi connectivity index (χ2n) is 6.91. The van der Waals surface area contributed by atoms with E-state index in [4.69, 9.17) is 0 Å². The number of piperidine rings is 1. The molecular weight excluding hydrogens is 302 g/mol. The minimum absolute atomic E-state index is 0.287. The molecule has 7 nitrogen and oxygen atoms in total. The Balaban J connectivity index is 1.56. The van der Waals surface area contributed by atoms with Crippen molar-refractivity contribution in [1.82, 2.24) is 30.5 Å². The monoisotopic (exact) mass is 323 g/mol. The molecule has 0 aromatic carbocycles. The zero-order chi connectivity index (χ0) is 16.0. The first-order valence-electron chi connectivity index (χ1n) is 8.67. The van der Waals surface area contributed by atoms with Crippen LogP contribution in [-0.2, 0) is 0 Å². The Kier molecular flexibility index (Phi) is 3.09. The molecular formula is C17H21N7. The van der Waals surface area contributed by atoms with Crippen LogP contribution in [0.1, 0.15) is 25.7 Å². The lowest BCUT2D eigenvalue weighted by Gasteiger charge is -2.35. The van der Waals surface area contributed by atoms with Gasteiger partial charge in [-0.15, -0.1) is 0 Å². The van der Waals surface area contributed by atoms with Crippen LogP contribution >= 0.6 is 0 Å². The first-order valence-corrected chi connectivity index (χ1v) is 8.67. The van der Waals surface area contributed by atoms with E-state index in [1.165, 1.54) is 31.4 Å². The van der Waals surface area contributed by atoms with Gasteiger partial charge in [0.15, 0.2) is 5.82 Å². The molecule has 5 heterocycles. The molecule has 3 aromatic rings. The van der Waals surface area contributed by atoms with Gasteiger partial charge in [-0.25, -0.2) is 9.97 Å². The van der Waals surface area contributed by atoms with Gasteiger partial charge in [-0.2, -0.15) is 5.10 Å². The maximum absolute atomic E-state index is 4.48. The number of pyridine rings is 1. The summed E-state index contributed by atoms with van der Waals surface area (Å²) in [5, 5.41) is 11.9. The van der Waals surface area contributed by atoms with Gasteiger partial charge in [0.2, 0.25) is 0 Å². The van der Waals surface area contributed by atoms with Crippen molar-refractivity contribution in [3.05, 3.63) is 24.8 Å². The number of nitrogens with zero attached hydrogens (tertiary/aromatic N) is 4. The molecule has 1 spiro atoms. The number of nitrogens with one attached hydrogen (secondary N) is 3. The first-order chi connectivity index (χ1) is 11.8. The van der Waals surface area contributed by atoms with E-state index in [-0.39, 0.29) is 5.54 Å². The standard InChI is InChI=1S/C17H21N7/c1-2-6-21-17(4-1)5-8-24(10-17)13-3-7-18-16-14(13)12(9-19-16)15-20-11-22-23-15/h3,7,9,11,21H,1-2,4-6,8,10H2,(H,18,19)(H,20,22,23). The van der Waals surface area contributed by atoms with Crippen LogP contribution in [0, 0.1) is 0 Å². The van der Waals surface area contributed by atoms with Gasteiger partial charge in [-0.1, -0.05) is 6.42 Å². The van der Waals surface area contributed by atoms with Crippen LogP contribution < -0.4 is 10.2 Å². The minimum atomic E-state index is 0.287. The third-order valence-electron chi connectivity index (χ3n) is 5.48. The van der Waals surface area contributed by atoms with Gasteiger partial charge in [0.25, 0.3) is 0 Å². The van der Waals surface area contributed by atoms with Gasteiger partial charge >= 0.3 is 0 Å². The molecule has 3 N–H and O–H groups in total. The highest BCUT2D eigenvalue weighted by atomic mass is 15.2. The predicted octanol–water partition coefficient (Wildman–Crippen LogP) is 2.07. The molecule has 2 saturated heterocycles. The summed E-state index contributed by atoms with van der Waals surface area (Å²) in [7, 11) is 0. The smallest absolute Gasteiger partial charge is 0.183 e. The number of aromatic amines is 2.